The van der Waals surface area contributed by atoms with E-state index in [4.69, 9.17) is 0 Å². The van der Waals surface area contributed by atoms with Gasteiger partial charge in [-0.1, -0.05) is 27.2 Å². The molecule has 1 saturated carbocycles. The van der Waals surface area contributed by atoms with Gasteiger partial charge in [0.15, 0.2) is 0 Å². The summed E-state index contributed by atoms with van der Waals surface area (Å²) in [5.41, 5.74) is 0.955. The second-order valence-electron chi connectivity index (χ2n) is 5.74. The highest BCUT2D eigenvalue weighted by Gasteiger charge is 2.32. The minimum Gasteiger partial charge on any atom is -0.306 e. The van der Waals surface area contributed by atoms with Crippen molar-refractivity contribution in [3.63, 3.8) is 0 Å². The number of nitrogens with one attached hydrogen (secondary N) is 1. The Kier molecular flexibility index (Phi) is 4.92. The van der Waals surface area contributed by atoms with Gasteiger partial charge in [0.1, 0.15) is 5.82 Å². The molecule has 1 fully saturated rings. The van der Waals surface area contributed by atoms with Crippen molar-refractivity contribution in [1.29, 1.82) is 0 Å². The molecular weight excluding hydrogens is 239 g/mol. The Bertz CT molecular complexity index is 390. The van der Waals surface area contributed by atoms with Crippen molar-refractivity contribution in [1.82, 2.24) is 10.3 Å². The topological polar surface area (TPSA) is 24.9 Å². The molecule has 3 heteroatoms. The van der Waals surface area contributed by atoms with Crippen LogP contribution in [-0.4, -0.2) is 11.0 Å². The first-order valence-corrected chi connectivity index (χ1v) is 7.53. The first kappa shape index (κ1) is 14.4. The van der Waals surface area contributed by atoms with Gasteiger partial charge in [-0.05, 0) is 43.2 Å². The molecular formula is C16H25FN2. The van der Waals surface area contributed by atoms with E-state index in [2.05, 4.69) is 31.1 Å². The highest BCUT2D eigenvalue weighted by atomic mass is 19.1. The Labute approximate surface area is 115 Å². The van der Waals surface area contributed by atoms with Gasteiger partial charge in [-0.25, -0.2) is 4.39 Å². The maximum atomic E-state index is 12.9. The molecule has 1 aromatic rings. The first-order chi connectivity index (χ1) is 9.15. The highest BCUT2D eigenvalue weighted by molar-refractivity contribution is 5.10. The largest absolute Gasteiger partial charge is 0.306 e. The van der Waals surface area contributed by atoms with Crippen molar-refractivity contribution in [2.45, 2.75) is 58.5 Å². The van der Waals surface area contributed by atoms with E-state index in [0.717, 1.165) is 24.0 Å². The van der Waals surface area contributed by atoms with Crippen LogP contribution in [0.3, 0.4) is 0 Å². The number of rotatable bonds is 5. The number of aromatic nitrogens is 1. The minimum atomic E-state index is -0.265. The Morgan fingerprint density at radius 1 is 1.37 bits per heavy atom. The lowest BCUT2D eigenvalue weighted by atomic mass is 9.93. The SMILES string of the molecule is CCC(NC1CCC(CC)C1C)c1ccc(F)cn1. The summed E-state index contributed by atoms with van der Waals surface area (Å²) in [7, 11) is 0. The van der Waals surface area contributed by atoms with Gasteiger partial charge in [-0.2, -0.15) is 0 Å². The summed E-state index contributed by atoms with van der Waals surface area (Å²) in [6.07, 6.45) is 6.14. The molecule has 0 amide bonds. The molecule has 0 spiro atoms. The van der Waals surface area contributed by atoms with Gasteiger partial charge < -0.3 is 5.32 Å². The van der Waals surface area contributed by atoms with Crippen LogP contribution in [0.15, 0.2) is 18.3 Å². The fourth-order valence-electron chi connectivity index (χ4n) is 3.32. The molecule has 106 valence electrons. The van der Waals surface area contributed by atoms with Gasteiger partial charge in [0.25, 0.3) is 0 Å². The average Bonchev–Trinajstić information content (AvgIpc) is 2.78. The maximum Gasteiger partial charge on any atom is 0.141 e. The summed E-state index contributed by atoms with van der Waals surface area (Å²) in [5, 5.41) is 3.73. The third kappa shape index (κ3) is 3.33. The second kappa shape index (κ2) is 6.47. The normalized spacial score (nSPS) is 28.5. The van der Waals surface area contributed by atoms with E-state index < -0.39 is 0 Å². The number of halogens is 1. The van der Waals surface area contributed by atoms with Crippen LogP contribution in [0, 0.1) is 17.7 Å². The van der Waals surface area contributed by atoms with Gasteiger partial charge in [0, 0.05) is 12.1 Å². The second-order valence-corrected chi connectivity index (χ2v) is 5.74. The molecule has 2 rings (SSSR count). The van der Waals surface area contributed by atoms with Crippen LogP contribution in [-0.2, 0) is 0 Å². The monoisotopic (exact) mass is 264 g/mol. The number of hydrogen-bond donors (Lipinski definition) is 1. The van der Waals surface area contributed by atoms with E-state index in [1.807, 2.05) is 0 Å². The Morgan fingerprint density at radius 2 is 2.16 bits per heavy atom. The summed E-state index contributed by atoms with van der Waals surface area (Å²) in [5.74, 6) is 1.30. The zero-order valence-electron chi connectivity index (χ0n) is 12.2. The molecule has 1 aliphatic carbocycles. The van der Waals surface area contributed by atoms with Gasteiger partial charge in [-0.15, -0.1) is 0 Å². The highest BCUT2D eigenvalue weighted by Crippen LogP contribution is 2.35. The lowest BCUT2D eigenvalue weighted by Crippen LogP contribution is -2.36. The summed E-state index contributed by atoms with van der Waals surface area (Å²) in [4.78, 5) is 4.22. The molecule has 4 unspecified atom stereocenters. The Hall–Kier alpha value is -0.960. The van der Waals surface area contributed by atoms with Crippen molar-refractivity contribution in [3.8, 4) is 0 Å². The van der Waals surface area contributed by atoms with Crippen LogP contribution in [0.4, 0.5) is 4.39 Å². The number of nitrogens with zero attached hydrogens (tertiary/aromatic N) is 1. The lowest BCUT2D eigenvalue weighted by molar-refractivity contribution is 0.316. The Balaban J connectivity index is 2.01. The van der Waals surface area contributed by atoms with Crippen LogP contribution >= 0.6 is 0 Å². The van der Waals surface area contributed by atoms with E-state index in [0.29, 0.717) is 6.04 Å². The molecule has 1 heterocycles. The van der Waals surface area contributed by atoms with Crippen LogP contribution in [0.25, 0.3) is 0 Å². The first-order valence-electron chi connectivity index (χ1n) is 7.53. The van der Waals surface area contributed by atoms with Crippen LogP contribution < -0.4 is 5.32 Å². The number of hydrogen-bond acceptors (Lipinski definition) is 2. The molecule has 0 aliphatic heterocycles. The fraction of sp³-hybridized carbons (Fsp3) is 0.688. The summed E-state index contributed by atoms with van der Waals surface area (Å²) in [6.45, 7) is 6.78. The lowest BCUT2D eigenvalue weighted by Gasteiger charge is -2.26. The zero-order chi connectivity index (χ0) is 13.8. The van der Waals surface area contributed by atoms with Gasteiger partial charge >= 0.3 is 0 Å². The smallest absolute Gasteiger partial charge is 0.141 e. The summed E-state index contributed by atoms with van der Waals surface area (Å²) in [6, 6.07) is 4.11. The van der Waals surface area contributed by atoms with E-state index in [-0.39, 0.29) is 11.9 Å². The van der Waals surface area contributed by atoms with E-state index >= 15 is 0 Å². The molecule has 0 radical (unpaired) electrons. The van der Waals surface area contributed by atoms with Gasteiger partial charge in [0.05, 0.1) is 11.9 Å². The molecule has 19 heavy (non-hydrogen) atoms. The fourth-order valence-corrected chi connectivity index (χ4v) is 3.32. The van der Waals surface area contributed by atoms with Crippen LogP contribution in [0.2, 0.25) is 0 Å². The van der Waals surface area contributed by atoms with Crippen molar-refractivity contribution < 1.29 is 4.39 Å². The standard InChI is InChI=1S/C16H25FN2/c1-4-12-6-8-15(11(12)3)19-14(5-2)16-9-7-13(17)10-18-16/h7,9-12,14-15,19H,4-6,8H2,1-3H3. The van der Waals surface area contributed by atoms with Gasteiger partial charge in [0.2, 0.25) is 0 Å². The van der Waals surface area contributed by atoms with Crippen molar-refractivity contribution in [2.24, 2.45) is 11.8 Å². The third-order valence-corrected chi connectivity index (χ3v) is 4.68. The third-order valence-electron chi connectivity index (χ3n) is 4.68. The van der Waals surface area contributed by atoms with E-state index in [1.54, 1.807) is 6.07 Å². The quantitative estimate of drug-likeness (QED) is 0.866. The number of pyridine rings is 1. The summed E-state index contributed by atoms with van der Waals surface area (Å²) >= 11 is 0. The Morgan fingerprint density at radius 3 is 2.68 bits per heavy atom. The predicted molar refractivity (Wildman–Crippen MR) is 76.3 cm³/mol. The molecule has 1 aromatic heterocycles. The van der Waals surface area contributed by atoms with E-state index in [1.165, 1.54) is 31.5 Å². The predicted octanol–water partition coefficient (Wildman–Crippen LogP) is 4.09. The van der Waals surface area contributed by atoms with Crippen molar-refractivity contribution >= 4 is 0 Å². The summed E-state index contributed by atoms with van der Waals surface area (Å²) < 4.78 is 12.9. The van der Waals surface area contributed by atoms with Crippen molar-refractivity contribution in [3.05, 3.63) is 29.8 Å². The molecule has 1 aliphatic rings. The average molecular weight is 264 g/mol. The molecule has 1 N–H and O–H groups in total. The van der Waals surface area contributed by atoms with Crippen molar-refractivity contribution in [2.75, 3.05) is 0 Å². The minimum absolute atomic E-state index is 0.239. The molecule has 0 saturated heterocycles. The molecule has 0 bridgehead atoms. The van der Waals surface area contributed by atoms with Gasteiger partial charge in [-0.3, -0.25) is 4.98 Å². The van der Waals surface area contributed by atoms with E-state index in [9.17, 15) is 4.39 Å². The molecule has 2 nitrogen and oxygen atoms in total. The van der Waals surface area contributed by atoms with Crippen LogP contribution in [0.1, 0.15) is 58.2 Å². The molecule has 0 aromatic carbocycles. The molecule has 4 atom stereocenters. The van der Waals surface area contributed by atoms with Crippen LogP contribution in [0.5, 0.6) is 0 Å². The maximum absolute atomic E-state index is 12.9. The zero-order valence-corrected chi connectivity index (χ0v) is 12.2.